The molecule has 0 saturated carbocycles. The largest absolute Gasteiger partial charge is 0.453 e. The SMILES string of the molecule is CC(=O)OCC#CCOC#N. The van der Waals surface area contributed by atoms with Crippen LogP contribution in [0.4, 0.5) is 0 Å². The first kappa shape index (κ1) is 9.32. The molecule has 0 atom stereocenters. The van der Waals surface area contributed by atoms with E-state index in [2.05, 4.69) is 21.3 Å². The number of carbonyl (C=O) groups is 1. The lowest BCUT2D eigenvalue weighted by Gasteiger charge is -1.90. The second-order valence-corrected chi connectivity index (χ2v) is 1.51. The molecule has 4 heteroatoms. The van der Waals surface area contributed by atoms with Crippen LogP contribution in [0.3, 0.4) is 0 Å². The fraction of sp³-hybridized carbons (Fsp3) is 0.429. The van der Waals surface area contributed by atoms with Crippen molar-refractivity contribution in [3.8, 4) is 18.1 Å². The summed E-state index contributed by atoms with van der Waals surface area (Å²) in [5.74, 6) is 4.58. The first-order valence-corrected chi connectivity index (χ1v) is 2.87. The zero-order valence-electron chi connectivity index (χ0n) is 6.09. The molecule has 0 rings (SSSR count). The molecule has 0 saturated heterocycles. The van der Waals surface area contributed by atoms with Crippen molar-refractivity contribution in [1.82, 2.24) is 0 Å². The molecular weight excluding hydrogens is 146 g/mol. The van der Waals surface area contributed by atoms with E-state index in [1.165, 1.54) is 13.2 Å². The molecule has 0 aromatic heterocycles. The summed E-state index contributed by atoms with van der Waals surface area (Å²) in [6.07, 6.45) is 1.46. The van der Waals surface area contributed by atoms with Gasteiger partial charge in [-0.1, -0.05) is 11.8 Å². The topological polar surface area (TPSA) is 59.3 Å². The molecule has 0 fully saturated rings. The Labute approximate surface area is 64.7 Å². The van der Waals surface area contributed by atoms with Crippen molar-refractivity contribution in [1.29, 1.82) is 5.26 Å². The van der Waals surface area contributed by atoms with Gasteiger partial charge in [-0.15, -0.1) is 0 Å². The average Bonchev–Trinajstić information content (AvgIpc) is 1.96. The van der Waals surface area contributed by atoms with Gasteiger partial charge < -0.3 is 9.47 Å². The van der Waals surface area contributed by atoms with Gasteiger partial charge in [-0.3, -0.25) is 4.79 Å². The van der Waals surface area contributed by atoms with E-state index < -0.39 is 0 Å². The second-order valence-electron chi connectivity index (χ2n) is 1.51. The van der Waals surface area contributed by atoms with Gasteiger partial charge in [0.05, 0.1) is 0 Å². The van der Waals surface area contributed by atoms with Gasteiger partial charge in [0.2, 0.25) is 0 Å². The number of carbonyl (C=O) groups excluding carboxylic acids is 1. The van der Waals surface area contributed by atoms with Gasteiger partial charge >= 0.3 is 5.97 Å². The van der Waals surface area contributed by atoms with E-state index in [1.807, 2.05) is 0 Å². The van der Waals surface area contributed by atoms with Crippen LogP contribution in [-0.4, -0.2) is 19.2 Å². The van der Waals surface area contributed by atoms with Crippen molar-refractivity contribution in [2.45, 2.75) is 6.92 Å². The van der Waals surface area contributed by atoms with Crippen molar-refractivity contribution >= 4 is 5.97 Å². The molecule has 0 aliphatic rings. The van der Waals surface area contributed by atoms with Crippen LogP contribution in [0.5, 0.6) is 0 Å². The summed E-state index contributed by atoms with van der Waals surface area (Å²) in [7, 11) is 0. The number of nitriles is 1. The molecule has 0 unspecified atom stereocenters. The Morgan fingerprint density at radius 3 is 2.64 bits per heavy atom. The smallest absolute Gasteiger partial charge is 0.303 e. The highest BCUT2D eigenvalue weighted by atomic mass is 16.5. The van der Waals surface area contributed by atoms with Crippen LogP contribution in [0.25, 0.3) is 0 Å². The van der Waals surface area contributed by atoms with Crippen LogP contribution in [0, 0.1) is 23.4 Å². The molecule has 0 aliphatic heterocycles. The summed E-state index contributed by atoms with van der Waals surface area (Å²) in [4.78, 5) is 10.2. The minimum absolute atomic E-state index is 0.0394. The summed E-state index contributed by atoms with van der Waals surface area (Å²) < 4.78 is 8.70. The molecule has 0 aliphatic carbocycles. The van der Waals surface area contributed by atoms with Crippen molar-refractivity contribution < 1.29 is 14.3 Å². The summed E-state index contributed by atoms with van der Waals surface area (Å²) in [5, 5.41) is 7.89. The molecular formula is C7H7NO3. The highest BCUT2D eigenvalue weighted by Gasteiger charge is 1.85. The average molecular weight is 153 g/mol. The number of hydrogen-bond acceptors (Lipinski definition) is 4. The van der Waals surface area contributed by atoms with E-state index >= 15 is 0 Å². The third-order valence-electron chi connectivity index (χ3n) is 0.681. The van der Waals surface area contributed by atoms with Crippen LogP contribution in [-0.2, 0) is 14.3 Å². The molecule has 11 heavy (non-hydrogen) atoms. The first-order valence-electron chi connectivity index (χ1n) is 2.87. The quantitative estimate of drug-likeness (QED) is 0.243. The van der Waals surface area contributed by atoms with E-state index in [0.29, 0.717) is 0 Å². The van der Waals surface area contributed by atoms with Gasteiger partial charge in [0.15, 0.2) is 13.2 Å². The van der Waals surface area contributed by atoms with Crippen LogP contribution in [0.1, 0.15) is 6.92 Å². The number of nitrogens with zero attached hydrogens (tertiary/aromatic N) is 1. The predicted octanol–water partition coefficient (Wildman–Crippen LogP) is 0.0506. The minimum Gasteiger partial charge on any atom is -0.453 e. The Morgan fingerprint density at radius 2 is 2.09 bits per heavy atom. The minimum atomic E-state index is -0.375. The van der Waals surface area contributed by atoms with Gasteiger partial charge in [-0.2, -0.15) is 5.26 Å². The zero-order valence-corrected chi connectivity index (χ0v) is 6.09. The standard InChI is InChI=1S/C7H7NO3/c1-7(9)11-5-3-2-4-10-6-8/h4-5H2,1H3. The van der Waals surface area contributed by atoms with E-state index in [4.69, 9.17) is 5.26 Å². The molecule has 0 spiro atoms. The monoisotopic (exact) mass is 153 g/mol. The number of esters is 1. The third kappa shape index (κ3) is 8.32. The summed E-state index contributed by atoms with van der Waals surface area (Å²) in [6, 6.07) is 0. The first-order chi connectivity index (χ1) is 5.27. The Morgan fingerprint density at radius 1 is 1.45 bits per heavy atom. The second kappa shape index (κ2) is 6.44. The predicted molar refractivity (Wildman–Crippen MR) is 36.0 cm³/mol. The Hall–Kier alpha value is -1.68. The van der Waals surface area contributed by atoms with Crippen molar-refractivity contribution in [3.63, 3.8) is 0 Å². The Kier molecular flexibility index (Phi) is 5.46. The molecule has 0 N–H and O–H groups in total. The van der Waals surface area contributed by atoms with Crippen molar-refractivity contribution in [2.75, 3.05) is 13.2 Å². The van der Waals surface area contributed by atoms with Crippen molar-refractivity contribution in [2.24, 2.45) is 0 Å². The highest BCUT2D eigenvalue weighted by molar-refractivity contribution is 5.66. The molecule has 0 amide bonds. The lowest BCUT2D eigenvalue weighted by atomic mass is 10.6. The lowest BCUT2D eigenvalue weighted by Crippen LogP contribution is -1.98. The van der Waals surface area contributed by atoms with Crippen molar-refractivity contribution in [3.05, 3.63) is 0 Å². The van der Waals surface area contributed by atoms with Gasteiger partial charge in [-0.05, 0) is 0 Å². The van der Waals surface area contributed by atoms with Crippen LogP contribution in [0.15, 0.2) is 0 Å². The van der Waals surface area contributed by atoms with E-state index in [0.717, 1.165) is 0 Å². The van der Waals surface area contributed by atoms with Gasteiger partial charge in [-0.25, -0.2) is 0 Å². The number of hydrogen-bond donors (Lipinski definition) is 0. The maximum Gasteiger partial charge on any atom is 0.303 e. The molecule has 0 aromatic rings. The molecule has 0 heterocycles. The zero-order chi connectivity index (χ0) is 8.53. The van der Waals surface area contributed by atoms with Crippen LogP contribution in [0.2, 0.25) is 0 Å². The Bertz CT molecular complexity index is 218. The number of ether oxygens (including phenoxy) is 2. The van der Waals surface area contributed by atoms with Gasteiger partial charge in [0.25, 0.3) is 6.26 Å². The van der Waals surface area contributed by atoms with E-state index in [9.17, 15) is 4.79 Å². The third-order valence-corrected chi connectivity index (χ3v) is 0.681. The van der Waals surface area contributed by atoms with E-state index in [-0.39, 0.29) is 19.2 Å². The van der Waals surface area contributed by atoms with Crippen LogP contribution >= 0.6 is 0 Å². The fourth-order valence-corrected chi connectivity index (χ4v) is 0.308. The van der Waals surface area contributed by atoms with E-state index in [1.54, 1.807) is 0 Å². The summed E-state index contributed by atoms with van der Waals surface area (Å²) >= 11 is 0. The van der Waals surface area contributed by atoms with Gasteiger partial charge in [0.1, 0.15) is 0 Å². The summed E-state index contributed by atoms with van der Waals surface area (Å²) in [6.45, 7) is 1.38. The molecule has 0 radical (unpaired) electrons. The maximum atomic E-state index is 10.2. The highest BCUT2D eigenvalue weighted by Crippen LogP contribution is 1.73. The maximum absolute atomic E-state index is 10.2. The molecule has 0 aromatic carbocycles. The fourth-order valence-electron chi connectivity index (χ4n) is 0.308. The Balaban J connectivity index is 3.28. The molecule has 4 nitrogen and oxygen atoms in total. The van der Waals surface area contributed by atoms with Gasteiger partial charge in [0, 0.05) is 6.92 Å². The molecule has 0 bridgehead atoms. The summed E-state index contributed by atoms with van der Waals surface area (Å²) in [5.41, 5.74) is 0. The van der Waals surface area contributed by atoms with Crippen LogP contribution < -0.4 is 0 Å². The molecule has 58 valence electrons. The lowest BCUT2D eigenvalue weighted by molar-refractivity contribution is -0.139. The number of rotatable bonds is 2. The normalized spacial score (nSPS) is 6.91.